The number of nitrogens with one attached hydrogen (secondary N) is 1. The van der Waals surface area contributed by atoms with Crippen LogP contribution in [0.2, 0.25) is 0 Å². The minimum absolute atomic E-state index is 0.155. The molecule has 10 heteroatoms. The topological polar surface area (TPSA) is 122 Å². The summed E-state index contributed by atoms with van der Waals surface area (Å²) in [5.74, 6) is 0.0752. The number of furan rings is 1. The van der Waals surface area contributed by atoms with Gasteiger partial charge in [0.15, 0.2) is 0 Å². The first-order valence-corrected chi connectivity index (χ1v) is 13.8. The molecule has 1 fully saturated rings. The first kappa shape index (κ1) is 27.7. The highest BCUT2D eigenvalue weighted by atomic mass is 32.2. The van der Waals surface area contributed by atoms with Crippen molar-refractivity contribution in [3.05, 3.63) is 64.9 Å². The third-order valence-electron chi connectivity index (χ3n) is 6.45. The summed E-state index contributed by atoms with van der Waals surface area (Å²) in [5, 5.41) is 3.34. The maximum absolute atomic E-state index is 12.9. The van der Waals surface area contributed by atoms with E-state index in [4.69, 9.17) is 14.1 Å². The van der Waals surface area contributed by atoms with Gasteiger partial charge in [0.05, 0.1) is 29.8 Å². The third-order valence-corrected chi connectivity index (χ3v) is 7.20. The molecule has 1 aromatic carbocycles. The van der Waals surface area contributed by atoms with Crippen LogP contribution >= 0.6 is 0 Å². The molecule has 9 nitrogen and oxygen atoms in total. The second kappa shape index (κ2) is 12.5. The summed E-state index contributed by atoms with van der Waals surface area (Å²) in [6.07, 6.45) is 6.20. The van der Waals surface area contributed by atoms with Crippen molar-refractivity contribution in [2.24, 2.45) is 0 Å². The summed E-state index contributed by atoms with van der Waals surface area (Å²) in [6.45, 7) is 4.53. The number of carbonyl (C=O) groups is 2. The zero-order valence-corrected chi connectivity index (χ0v) is 22.7. The zero-order valence-electron chi connectivity index (χ0n) is 21.9. The lowest BCUT2D eigenvalue weighted by Gasteiger charge is -2.18. The number of hydrogen-bond donors (Lipinski definition) is 2. The Bertz CT molecular complexity index is 1360. The molecule has 4 rings (SSSR count). The molecule has 0 saturated heterocycles. The van der Waals surface area contributed by atoms with Crippen LogP contribution in [0.25, 0.3) is 22.4 Å². The Kier molecular flexibility index (Phi) is 9.09. The minimum Gasteiger partial charge on any atom is -0.463 e. The summed E-state index contributed by atoms with van der Waals surface area (Å²) < 4.78 is 34.6. The van der Waals surface area contributed by atoms with Crippen molar-refractivity contribution in [3.8, 4) is 11.3 Å². The van der Waals surface area contributed by atoms with Gasteiger partial charge in [-0.05, 0) is 57.1 Å². The van der Waals surface area contributed by atoms with Crippen LogP contribution in [0.3, 0.4) is 0 Å². The molecule has 1 aliphatic rings. The highest BCUT2D eigenvalue weighted by molar-refractivity contribution is 7.76. The number of esters is 1. The molecular formula is C28H33N3O6S. The van der Waals surface area contributed by atoms with Gasteiger partial charge in [0, 0.05) is 25.2 Å². The van der Waals surface area contributed by atoms with Gasteiger partial charge in [0.2, 0.25) is 17.0 Å². The highest BCUT2D eigenvalue weighted by Gasteiger charge is 2.31. The summed E-state index contributed by atoms with van der Waals surface area (Å²) in [7, 11) is 1.58. The molecule has 38 heavy (non-hydrogen) atoms. The number of hydrogen-bond acceptors (Lipinski definition) is 6. The third kappa shape index (κ3) is 6.56. The standard InChI is InChI=1S/C28H33N3O6S/c1-4-36-24(32)8-6-5-7-15-31(38(34)35)17-23-21(19-13-14-19)16-22-25(27(33)29-3)26(37-28(22)30-23)20-11-9-18(2)10-12-20/h6,8-12,16,19H,4-5,7,13-15,17H2,1-3H3,(H,29,33)(H,34,35). The van der Waals surface area contributed by atoms with Gasteiger partial charge in [-0.3, -0.25) is 9.35 Å². The monoisotopic (exact) mass is 539 g/mol. The molecule has 0 radical (unpaired) electrons. The van der Waals surface area contributed by atoms with Crippen LogP contribution in [-0.4, -0.2) is 50.1 Å². The van der Waals surface area contributed by atoms with Gasteiger partial charge in [-0.25, -0.2) is 14.0 Å². The van der Waals surface area contributed by atoms with Crippen LogP contribution in [0.4, 0.5) is 0 Å². The van der Waals surface area contributed by atoms with E-state index in [1.54, 1.807) is 20.0 Å². The van der Waals surface area contributed by atoms with E-state index in [1.165, 1.54) is 10.4 Å². The van der Waals surface area contributed by atoms with Gasteiger partial charge >= 0.3 is 5.97 Å². The Hall–Kier alpha value is -3.34. The van der Waals surface area contributed by atoms with E-state index in [2.05, 4.69) is 5.32 Å². The van der Waals surface area contributed by atoms with E-state index in [0.717, 1.165) is 29.5 Å². The number of benzene rings is 1. The molecule has 1 atom stereocenters. The van der Waals surface area contributed by atoms with Gasteiger partial charge in [-0.2, -0.15) is 4.31 Å². The summed E-state index contributed by atoms with van der Waals surface area (Å²) in [6, 6.07) is 9.70. The Labute approximate surface area is 224 Å². The van der Waals surface area contributed by atoms with E-state index in [0.29, 0.717) is 60.0 Å². The first-order chi connectivity index (χ1) is 18.3. The maximum atomic E-state index is 12.9. The molecule has 1 aliphatic carbocycles. The molecule has 2 aromatic heterocycles. The Morgan fingerprint density at radius 1 is 1.29 bits per heavy atom. The lowest BCUT2D eigenvalue weighted by molar-refractivity contribution is -0.137. The van der Waals surface area contributed by atoms with Crippen molar-refractivity contribution in [1.29, 1.82) is 0 Å². The molecule has 1 unspecified atom stereocenters. The average Bonchev–Trinajstić information content (AvgIpc) is 3.67. The summed E-state index contributed by atoms with van der Waals surface area (Å²) >= 11 is -2.21. The van der Waals surface area contributed by atoms with E-state index in [9.17, 15) is 18.4 Å². The fraction of sp³-hybridized carbons (Fsp3) is 0.393. The van der Waals surface area contributed by atoms with Crippen molar-refractivity contribution in [3.63, 3.8) is 0 Å². The van der Waals surface area contributed by atoms with Crippen LogP contribution in [-0.2, 0) is 27.3 Å². The van der Waals surface area contributed by atoms with Gasteiger partial charge in [-0.15, -0.1) is 0 Å². The number of aromatic nitrogens is 1. The minimum atomic E-state index is -2.21. The van der Waals surface area contributed by atoms with E-state index >= 15 is 0 Å². The van der Waals surface area contributed by atoms with Gasteiger partial charge < -0.3 is 14.5 Å². The normalized spacial score (nSPS) is 14.3. The zero-order chi connectivity index (χ0) is 27.2. The summed E-state index contributed by atoms with van der Waals surface area (Å²) in [4.78, 5) is 29.2. The van der Waals surface area contributed by atoms with E-state index in [1.807, 2.05) is 37.3 Å². The molecule has 3 aromatic rings. The lowest BCUT2D eigenvalue weighted by Crippen LogP contribution is -2.27. The quantitative estimate of drug-likeness (QED) is 0.146. The molecule has 2 N–H and O–H groups in total. The predicted octanol–water partition coefficient (Wildman–Crippen LogP) is 4.88. The van der Waals surface area contributed by atoms with Crippen molar-refractivity contribution in [2.75, 3.05) is 20.2 Å². The van der Waals surface area contributed by atoms with Crippen LogP contribution < -0.4 is 5.32 Å². The second-order valence-electron chi connectivity index (χ2n) is 9.29. The van der Waals surface area contributed by atoms with Crippen LogP contribution in [0.1, 0.15) is 65.7 Å². The number of fused-ring (bicyclic) bond motifs is 1. The second-order valence-corrected chi connectivity index (χ2v) is 10.3. The number of rotatable bonds is 12. The number of aryl methyl sites for hydroxylation is 1. The molecule has 0 spiro atoms. The van der Waals surface area contributed by atoms with Crippen molar-refractivity contribution in [2.45, 2.75) is 52.0 Å². The van der Waals surface area contributed by atoms with Crippen LogP contribution in [0.15, 0.2) is 46.9 Å². The number of nitrogens with zero attached hydrogens (tertiary/aromatic N) is 2. The Morgan fingerprint density at radius 3 is 2.66 bits per heavy atom. The number of allylic oxidation sites excluding steroid dienone is 1. The molecule has 202 valence electrons. The lowest BCUT2D eigenvalue weighted by atomic mass is 10.0. The molecule has 1 saturated carbocycles. The largest absolute Gasteiger partial charge is 0.463 e. The number of ether oxygens (including phenoxy) is 1. The Morgan fingerprint density at radius 2 is 2.03 bits per heavy atom. The molecular weight excluding hydrogens is 506 g/mol. The Balaban J connectivity index is 1.64. The molecule has 0 bridgehead atoms. The maximum Gasteiger partial charge on any atom is 0.330 e. The molecule has 2 heterocycles. The molecule has 0 aliphatic heterocycles. The van der Waals surface area contributed by atoms with Gasteiger partial charge in [0.1, 0.15) is 5.76 Å². The first-order valence-electron chi connectivity index (χ1n) is 12.8. The van der Waals surface area contributed by atoms with Crippen LogP contribution in [0.5, 0.6) is 0 Å². The number of unbranched alkanes of at least 4 members (excludes halogenated alkanes) is 1. The van der Waals surface area contributed by atoms with Crippen molar-refractivity contribution >= 4 is 34.2 Å². The number of pyridine rings is 1. The molecule has 1 amide bonds. The van der Waals surface area contributed by atoms with Crippen LogP contribution in [0, 0.1) is 6.92 Å². The van der Waals surface area contributed by atoms with Gasteiger partial charge in [-0.1, -0.05) is 35.9 Å². The fourth-order valence-electron chi connectivity index (χ4n) is 4.34. The van der Waals surface area contributed by atoms with Gasteiger partial charge in [0.25, 0.3) is 5.91 Å². The number of amides is 1. The summed E-state index contributed by atoms with van der Waals surface area (Å²) in [5.41, 5.74) is 4.25. The van der Waals surface area contributed by atoms with Crippen molar-refractivity contribution in [1.82, 2.24) is 14.6 Å². The fourth-order valence-corrected chi connectivity index (χ4v) is 4.86. The smallest absolute Gasteiger partial charge is 0.330 e. The number of carbonyl (C=O) groups excluding carboxylic acids is 2. The average molecular weight is 540 g/mol. The highest BCUT2D eigenvalue weighted by Crippen LogP contribution is 2.44. The van der Waals surface area contributed by atoms with Crippen molar-refractivity contribution < 1.29 is 27.5 Å². The van der Waals surface area contributed by atoms with E-state index < -0.39 is 17.2 Å². The SMILES string of the molecule is CCOC(=O)C=CCCCN(Cc1nc2oc(-c3ccc(C)cc3)c(C(=O)NC)c2cc1C1CC1)S(=O)O. The van der Waals surface area contributed by atoms with E-state index in [-0.39, 0.29) is 12.5 Å². The predicted molar refractivity (Wildman–Crippen MR) is 146 cm³/mol.